The molecule has 2 rings (SSSR count). The normalized spacial score (nSPS) is 12.1. The number of hydrogen-bond donors (Lipinski definition) is 3. The molecule has 3 N–H and O–H groups in total. The molecule has 0 unspecified atom stereocenters. The van der Waals surface area contributed by atoms with Crippen LogP contribution in [0, 0.1) is 0 Å². The van der Waals surface area contributed by atoms with Crippen molar-refractivity contribution in [3.63, 3.8) is 0 Å². The SMILES string of the molecule is CCc1ccc([C@H](CC(F)(F)F)OC(=O)NCCNC(=O)c2cccc(=O)n2O)cc1. The van der Waals surface area contributed by atoms with Crippen molar-refractivity contribution in [1.29, 1.82) is 0 Å². The number of rotatable bonds is 8. The first kappa shape index (κ1) is 23.8. The van der Waals surface area contributed by atoms with Gasteiger partial charge in [-0.25, -0.2) is 4.79 Å². The van der Waals surface area contributed by atoms with Crippen molar-refractivity contribution in [1.82, 2.24) is 15.4 Å². The summed E-state index contributed by atoms with van der Waals surface area (Å²) in [7, 11) is 0. The molecule has 0 aliphatic heterocycles. The van der Waals surface area contributed by atoms with Crippen molar-refractivity contribution in [3.8, 4) is 0 Å². The highest BCUT2D eigenvalue weighted by molar-refractivity contribution is 5.92. The highest BCUT2D eigenvalue weighted by Crippen LogP contribution is 2.32. The molecule has 1 heterocycles. The summed E-state index contributed by atoms with van der Waals surface area (Å²) in [5.41, 5.74) is 0.0391. The Hall–Kier alpha value is -3.50. The molecule has 0 bridgehead atoms. The standard InChI is InChI=1S/C20H22F3N3O5/c1-2-13-6-8-14(9-7-13)16(12-20(21,22)23)31-19(29)25-11-10-24-18(28)15-4-3-5-17(27)26(15)30/h3-9,16,30H,2,10-12H2,1H3,(H,24,28)(H,25,29)/t16-/m0/s1. The number of carbonyl (C=O) groups excluding carboxylic acids is 2. The molecule has 0 aliphatic carbocycles. The van der Waals surface area contributed by atoms with Crippen molar-refractivity contribution >= 4 is 12.0 Å². The van der Waals surface area contributed by atoms with Gasteiger partial charge in [-0.1, -0.05) is 37.3 Å². The molecule has 2 aromatic rings. The van der Waals surface area contributed by atoms with Gasteiger partial charge in [-0.05, 0) is 23.6 Å². The molecule has 31 heavy (non-hydrogen) atoms. The second kappa shape index (κ2) is 10.5. The van der Waals surface area contributed by atoms with Gasteiger partial charge in [0, 0.05) is 19.2 Å². The van der Waals surface area contributed by atoms with Crippen LogP contribution >= 0.6 is 0 Å². The van der Waals surface area contributed by atoms with Crippen molar-refractivity contribution in [2.24, 2.45) is 0 Å². The van der Waals surface area contributed by atoms with Gasteiger partial charge in [-0.2, -0.15) is 13.2 Å². The first-order chi connectivity index (χ1) is 14.6. The molecular formula is C20H22F3N3O5. The van der Waals surface area contributed by atoms with Crippen molar-refractivity contribution in [3.05, 3.63) is 69.6 Å². The number of alkyl halides is 3. The van der Waals surface area contributed by atoms with Gasteiger partial charge in [0.1, 0.15) is 11.8 Å². The minimum absolute atomic E-state index is 0.119. The van der Waals surface area contributed by atoms with E-state index in [2.05, 4.69) is 10.6 Å². The predicted molar refractivity (Wildman–Crippen MR) is 104 cm³/mol. The van der Waals surface area contributed by atoms with Crippen LogP contribution in [0.3, 0.4) is 0 Å². The number of aryl methyl sites for hydroxylation is 1. The molecule has 1 atom stereocenters. The summed E-state index contributed by atoms with van der Waals surface area (Å²) in [4.78, 5) is 35.2. The van der Waals surface area contributed by atoms with E-state index in [1.165, 1.54) is 24.3 Å². The number of benzene rings is 1. The second-order valence-corrected chi connectivity index (χ2v) is 6.55. The van der Waals surface area contributed by atoms with Crippen molar-refractivity contribution in [2.45, 2.75) is 32.0 Å². The van der Waals surface area contributed by atoms with Gasteiger partial charge >= 0.3 is 12.3 Å². The first-order valence-electron chi connectivity index (χ1n) is 9.40. The van der Waals surface area contributed by atoms with Crippen LogP contribution in [-0.4, -0.2) is 41.2 Å². The highest BCUT2D eigenvalue weighted by Gasteiger charge is 2.34. The molecule has 2 amide bonds. The fourth-order valence-electron chi connectivity index (χ4n) is 2.66. The Bertz CT molecular complexity index is 958. The topological polar surface area (TPSA) is 110 Å². The molecule has 0 fully saturated rings. The maximum absolute atomic E-state index is 12.9. The summed E-state index contributed by atoms with van der Waals surface area (Å²) >= 11 is 0. The third kappa shape index (κ3) is 7.36. The van der Waals surface area contributed by atoms with Crippen LogP contribution < -0.4 is 16.2 Å². The van der Waals surface area contributed by atoms with E-state index in [1.807, 2.05) is 6.92 Å². The molecule has 1 aromatic heterocycles. The maximum Gasteiger partial charge on any atom is 0.407 e. The summed E-state index contributed by atoms with van der Waals surface area (Å²) in [6.07, 6.45) is -7.77. The zero-order chi connectivity index (χ0) is 23.0. The minimum Gasteiger partial charge on any atom is -0.441 e. The lowest BCUT2D eigenvalue weighted by Gasteiger charge is -2.20. The number of pyridine rings is 1. The van der Waals surface area contributed by atoms with E-state index in [4.69, 9.17) is 4.74 Å². The van der Waals surface area contributed by atoms with Crippen molar-refractivity contribution < 1.29 is 32.7 Å². The summed E-state index contributed by atoms with van der Waals surface area (Å²) in [6.45, 7) is 1.63. The summed E-state index contributed by atoms with van der Waals surface area (Å²) in [5, 5.41) is 14.1. The first-order valence-corrected chi connectivity index (χ1v) is 9.40. The third-order valence-electron chi connectivity index (χ3n) is 4.27. The van der Waals surface area contributed by atoms with E-state index in [9.17, 15) is 32.8 Å². The Morgan fingerprint density at radius 1 is 1.10 bits per heavy atom. The fourth-order valence-corrected chi connectivity index (χ4v) is 2.66. The van der Waals surface area contributed by atoms with E-state index in [1.54, 1.807) is 12.1 Å². The van der Waals surface area contributed by atoms with Crippen LogP contribution in [0.1, 0.15) is 41.1 Å². The molecular weight excluding hydrogens is 419 g/mol. The molecule has 1 aromatic carbocycles. The molecule has 0 saturated carbocycles. The number of aromatic nitrogens is 1. The van der Waals surface area contributed by atoms with Gasteiger partial charge in [0.05, 0.1) is 6.42 Å². The number of carbonyl (C=O) groups is 2. The summed E-state index contributed by atoms with van der Waals surface area (Å²) in [6, 6.07) is 9.85. The van der Waals surface area contributed by atoms with Gasteiger partial charge in [-0.15, -0.1) is 4.73 Å². The second-order valence-electron chi connectivity index (χ2n) is 6.55. The number of halogens is 3. The lowest BCUT2D eigenvalue weighted by molar-refractivity contribution is -0.154. The molecule has 0 spiro atoms. The number of nitrogens with one attached hydrogen (secondary N) is 2. The Labute approximate surface area is 175 Å². The van der Waals surface area contributed by atoms with Crippen LogP contribution in [0.15, 0.2) is 47.3 Å². The quantitative estimate of drug-likeness (QED) is 0.431. The van der Waals surface area contributed by atoms with Crippen LogP contribution in [0.25, 0.3) is 0 Å². The van der Waals surface area contributed by atoms with E-state index in [-0.39, 0.29) is 29.1 Å². The predicted octanol–water partition coefficient (Wildman–Crippen LogP) is 2.80. The Balaban J connectivity index is 1.89. The molecule has 168 valence electrons. The summed E-state index contributed by atoms with van der Waals surface area (Å²) in [5.74, 6) is -0.777. The number of hydrogen-bond acceptors (Lipinski definition) is 5. The van der Waals surface area contributed by atoms with E-state index >= 15 is 0 Å². The van der Waals surface area contributed by atoms with Crippen LogP contribution in [0.4, 0.5) is 18.0 Å². The van der Waals surface area contributed by atoms with Crippen LogP contribution in [0.5, 0.6) is 0 Å². The number of ether oxygens (including phenoxy) is 1. The highest BCUT2D eigenvalue weighted by atomic mass is 19.4. The van der Waals surface area contributed by atoms with Crippen LogP contribution in [0.2, 0.25) is 0 Å². The van der Waals surface area contributed by atoms with Gasteiger partial charge < -0.3 is 20.6 Å². The number of alkyl carbamates (subject to hydrolysis) is 1. The minimum atomic E-state index is -4.54. The van der Waals surface area contributed by atoms with E-state index in [0.29, 0.717) is 6.42 Å². The lowest BCUT2D eigenvalue weighted by Crippen LogP contribution is -2.37. The fraction of sp³-hybridized carbons (Fsp3) is 0.350. The molecule has 0 aliphatic rings. The Morgan fingerprint density at radius 2 is 1.74 bits per heavy atom. The van der Waals surface area contributed by atoms with E-state index < -0.39 is 36.3 Å². The van der Waals surface area contributed by atoms with E-state index in [0.717, 1.165) is 11.6 Å². The molecule has 0 radical (unpaired) electrons. The van der Waals surface area contributed by atoms with Gasteiger partial charge in [0.25, 0.3) is 11.5 Å². The molecule has 11 heteroatoms. The summed E-state index contributed by atoms with van der Waals surface area (Å²) < 4.78 is 43.8. The Kier molecular flexibility index (Phi) is 8.06. The van der Waals surface area contributed by atoms with Gasteiger partial charge in [0.15, 0.2) is 0 Å². The average molecular weight is 441 g/mol. The van der Waals surface area contributed by atoms with Crippen molar-refractivity contribution in [2.75, 3.05) is 13.1 Å². The zero-order valence-corrected chi connectivity index (χ0v) is 16.6. The zero-order valence-electron chi connectivity index (χ0n) is 16.6. The number of amides is 2. The smallest absolute Gasteiger partial charge is 0.407 e. The Morgan fingerprint density at radius 3 is 2.35 bits per heavy atom. The van der Waals surface area contributed by atoms with Crippen LogP contribution in [-0.2, 0) is 11.2 Å². The largest absolute Gasteiger partial charge is 0.441 e. The molecule has 0 saturated heterocycles. The molecule has 8 nitrogen and oxygen atoms in total. The maximum atomic E-state index is 12.9. The average Bonchev–Trinajstić information content (AvgIpc) is 2.71. The third-order valence-corrected chi connectivity index (χ3v) is 4.27. The number of nitrogens with zero attached hydrogens (tertiary/aromatic N) is 1. The monoisotopic (exact) mass is 441 g/mol. The van der Waals surface area contributed by atoms with Gasteiger partial charge in [-0.3, -0.25) is 9.59 Å². The van der Waals surface area contributed by atoms with Gasteiger partial charge in [0.2, 0.25) is 0 Å². The lowest BCUT2D eigenvalue weighted by atomic mass is 10.0.